The Hall–Kier alpha value is -1.35. The number of fused-ring (bicyclic) bond motifs is 4. The van der Waals surface area contributed by atoms with Crippen LogP contribution in [0.25, 0.3) is 0 Å². The number of methoxy groups -OCH3 is 1. The fraction of sp³-hybridized carbons (Fsp3) is 0.650. The maximum absolute atomic E-state index is 11.9. The number of carbonyl (C=O) groups is 1. The molecule has 1 saturated carbocycles. The third kappa shape index (κ3) is 2.40. The number of hydrogen-bond donors (Lipinski definition) is 0. The summed E-state index contributed by atoms with van der Waals surface area (Å²) in [6, 6.07) is 6.86. The molecule has 0 spiro atoms. The Labute approximate surface area is 139 Å². The molecular formula is C20H27NO2. The topological polar surface area (TPSA) is 29.5 Å². The minimum atomic E-state index is -0.225. The summed E-state index contributed by atoms with van der Waals surface area (Å²) in [5.74, 6) is 1.36. The molecule has 1 aromatic carbocycles. The highest BCUT2D eigenvalue weighted by molar-refractivity contribution is 5.89. The van der Waals surface area contributed by atoms with Gasteiger partial charge in [0.15, 0.2) is 0 Å². The van der Waals surface area contributed by atoms with Crippen LogP contribution in [-0.4, -0.2) is 37.1 Å². The first-order valence-corrected chi connectivity index (χ1v) is 8.98. The van der Waals surface area contributed by atoms with Gasteiger partial charge in [0, 0.05) is 12.6 Å². The van der Waals surface area contributed by atoms with Crippen LogP contribution in [-0.2, 0) is 16.6 Å². The summed E-state index contributed by atoms with van der Waals surface area (Å²) in [5.41, 5.74) is 3.69. The highest BCUT2D eigenvalue weighted by Crippen LogP contribution is 2.49. The Balaban J connectivity index is 1.70. The lowest BCUT2D eigenvalue weighted by Crippen LogP contribution is -2.58. The van der Waals surface area contributed by atoms with Crippen LogP contribution in [0.4, 0.5) is 0 Å². The fourth-order valence-electron chi connectivity index (χ4n) is 4.81. The van der Waals surface area contributed by atoms with E-state index in [0.29, 0.717) is 17.5 Å². The Morgan fingerprint density at radius 2 is 2.17 bits per heavy atom. The Morgan fingerprint density at radius 1 is 1.39 bits per heavy atom. The molecule has 1 heterocycles. The number of piperidine rings is 1. The van der Waals surface area contributed by atoms with Crippen molar-refractivity contribution >= 4 is 5.97 Å². The lowest BCUT2D eigenvalue weighted by molar-refractivity contribution is 0.0283. The average molecular weight is 313 g/mol. The maximum Gasteiger partial charge on any atom is 0.337 e. The Bertz CT molecular complexity index is 637. The number of likely N-dealkylation sites (tertiary alicyclic amines) is 1. The van der Waals surface area contributed by atoms with Crippen LogP contribution in [0.2, 0.25) is 0 Å². The molecule has 1 unspecified atom stereocenters. The van der Waals surface area contributed by atoms with E-state index in [4.69, 9.17) is 4.74 Å². The van der Waals surface area contributed by atoms with Gasteiger partial charge in [0.25, 0.3) is 0 Å². The van der Waals surface area contributed by atoms with Crippen LogP contribution in [0.15, 0.2) is 18.2 Å². The number of ether oxygens (including phenoxy) is 1. The summed E-state index contributed by atoms with van der Waals surface area (Å²) in [6.07, 6.45) is 5.16. The molecule has 1 saturated heterocycles. The second kappa shape index (κ2) is 5.34. The van der Waals surface area contributed by atoms with E-state index in [2.05, 4.69) is 30.9 Å². The van der Waals surface area contributed by atoms with Gasteiger partial charge in [-0.05, 0) is 72.7 Å². The SMILES string of the molecule is COC(=O)c1ccc2c(c1)[C@]1(C)CCN(CC3CC3)[C@H](C2)C1C. The molecule has 3 heteroatoms. The second-order valence-electron chi connectivity index (χ2n) is 8.03. The normalized spacial score (nSPS) is 33.2. The third-order valence-electron chi connectivity index (χ3n) is 6.73. The van der Waals surface area contributed by atoms with Crippen LogP contribution in [0, 0.1) is 11.8 Å². The molecule has 0 N–H and O–H groups in total. The van der Waals surface area contributed by atoms with E-state index in [-0.39, 0.29) is 11.4 Å². The molecule has 3 aliphatic rings. The number of benzene rings is 1. The predicted molar refractivity (Wildman–Crippen MR) is 90.7 cm³/mol. The Kier molecular flexibility index (Phi) is 3.53. The summed E-state index contributed by atoms with van der Waals surface area (Å²) in [5, 5.41) is 0. The quantitative estimate of drug-likeness (QED) is 0.801. The summed E-state index contributed by atoms with van der Waals surface area (Å²) in [7, 11) is 1.46. The molecule has 2 fully saturated rings. The van der Waals surface area contributed by atoms with Gasteiger partial charge in [0.1, 0.15) is 0 Å². The lowest BCUT2D eigenvalue weighted by atomic mass is 9.59. The summed E-state index contributed by atoms with van der Waals surface area (Å²) in [4.78, 5) is 14.7. The molecule has 1 aliphatic heterocycles. The molecule has 0 radical (unpaired) electrons. The molecule has 0 aromatic heterocycles. The van der Waals surface area contributed by atoms with Crippen LogP contribution < -0.4 is 0 Å². The van der Waals surface area contributed by atoms with Gasteiger partial charge >= 0.3 is 5.97 Å². The zero-order chi connectivity index (χ0) is 16.2. The van der Waals surface area contributed by atoms with E-state index in [0.717, 1.165) is 12.3 Å². The van der Waals surface area contributed by atoms with E-state index in [9.17, 15) is 4.79 Å². The van der Waals surface area contributed by atoms with Crippen LogP contribution >= 0.6 is 0 Å². The highest BCUT2D eigenvalue weighted by atomic mass is 16.5. The third-order valence-corrected chi connectivity index (χ3v) is 6.73. The molecule has 2 bridgehead atoms. The summed E-state index contributed by atoms with van der Waals surface area (Å²) in [6.45, 7) is 7.31. The standard InChI is InChI=1S/C20H27NO2/c1-13-18-11-15-6-7-16(19(22)23-3)10-17(15)20(13,2)8-9-21(18)12-14-4-5-14/h6-7,10,13-14,18H,4-5,8-9,11-12H2,1-3H3/t13?,18-,20-/m1/s1. The van der Waals surface area contributed by atoms with Crippen molar-refractivity contribution in [3.8, 4) is 0 Å². The number of esters is 1. The number of nitrogens with zero attached hydrogens (tertiary/aromatic N) is 1. The van der Waals surface area contributed by atoms with E-state index in [1.807, 2.05) is 6.07 Å². The minimum Gasteiger partial charge on any atom is -0.465 e. The molecule has 1 aromatic rings. The molecule has 4 rings (SSSR count). The molecule has 0 amide bonds. The predicted octanol–water partition coefficient (Wildman–Crippen LogP) is 3.41. The van der Waals surface area contributed by atoms with Crippen molar-refractivity contribution in [2.75, 3.05) is 20.2 Å². The zero-order valence-corrected chi connectivity index (χ0v) is 14.5. The van der Waals surface area contributed by atoms with E-state index in [1.54, 1.807) is 0 Å². The van der Waals surface area contributed by atoms with Crippen LogP contribution in [0.3, 0.4) is 0 Å². The van der Waals surface area contributed by atoms with Crippen molar-refractivity contribution in [2.24, 2.45) is 11.8 Å². The van der Waals surface area contributed by atoms with E-state index >= 15 is 0 Å². The first kappa shape index (κ1) is 15.2. The van der Waals surface area contributed by atoms with Crippen molar-refractivity contribution < 1.29 is 9.53 Å². The first-order chi connectivity index (χ1) is 11.0. The highest BCUT2D eigenvalue weighted by Gasteiger charge is 2.49. The molecule has 2 aliphatic carbocycles. The van der Waals surface area contributed by atoms with Gasteiger partial charge in [-0.3, -0.25) is 4.90 Å². The monoisotopic (exact) mass is 313 g/mol. The fourth-order valence-corrected chi connectivity index (χ4v) is 4.81. The van der Waals surface area contributed by atoms with Gasteiger partial charge in [0.2, 0.25) is 0 Å². The van der Waals surface area contributed by atoms with Crippen molar-refractivity contribution in [2.45, 2.75) is 51.0 Å². The van der Waals surface area contributed by atoms with Gasteiger partial charge in [-0.2, -0.15) is 0 Å². The van der Waals surface area contributed by atoms with Crippen molar-refractivity contribution in [1.82, 2.24) is 4.90 Å². The van der Waals surface area contributed by atoms with Crippen LogP contribution in [0.1, 0.15) is 54.6 Å². The van der Waals surface area contributed by atoms with Crippen LogP contribution in [0.5, 0.6) is 0 Å². The first-order valence-electron chi connectivity index (χ1n) is 8.98. The smallest absolute Gasteiger partial charge is 0.337 e. The van der Waals surface area contributed by atoms with Crippen molar-refractivity contribution in [3.05, 3.63) is 34.9 Å². The zero-order valence-electron chi connectivity index (χ0n) is 14.5. The summed E-state index contributed by atoms with van der Waals surface area (Å²) < 4.78 is 4.91. The number of carbonyl (C=O) groups excluding carboxylic acids is 1. The maximum atomic E-state index is 11.9. The molecular weight excluding hydrogens is 286 g/mol. The molecule has 23 heavy (non-hydrogen) atoms. The summed E-state index contributed by atoms with van der Waals surface area (Å²) >= 11 is 0. The molecule has 3 nitrogen and oxygen atoms in total. The van der Waals surface area contributed by atoms with Gasteiger partial charge < -0.3 is 4.74 Å². The molecule has 3 atom stereocenters. The lowest BCUT2D eigenvalue weighted by Gasteiger charge is -2.55. The van der Waals surface area contributed by atoms with Gasteiger partial charge in [0.05, 0.1) is 12.7 Å². The molecule has 124 valence electrons. The van der Waals surface area contributed by atoms with Crippen molar-refractivity contribution in [1.29, 1.82) is 0 Å². The Morgan fingerprint density at radius 3 is 2.87 bits per heavy atom. The van der Waals surface area contributed by atoms with E-state index in [1.165, 1.54) is 50.6 Å². The largest absolute Gasteiger partial charge is 0.465 e. The second-order valence-corrected chi connectivity index (χ2v) is 8.03. The van der Waals surface area contributed by atoms with Gasteiger partial charge in [-0.15, -0.1) is 0 Å². The average Bonchev–Trinajstić information content (AvgIpc) is 3.36. The van der Waals surface area contributed by atoms with Crippen molar-refractivity contribution in [3.63, 3.8) is 0 Å². The van der Waals surface area contributed by atoms with E-state index < -0.39 is 0 Å². The van der Waals surface area contributed by atoms with Gasteiger partial charge in [-0.1, -0.05) is 19.9 Å². The number of rotatable bonds is 3. The minimum absolute atomic E-state index is 0.183. The number of hydrogen-bond acceptors (Lipinski definition) is 3. The van der Waals surface area contributed by atoms with Gasteiger partial charge in [-0.25, -0.2) is 4.79 Å².